The van der Waals surface area contributed by atoms with E-state index in [1.54, 1.807) is 42.5 Å². The first-order chi connectivity index (χ1) is 14.1. The summed E-state index contributed by atoms with van der Waals surface area (Å²) in [6.07, 6.45) is 1.59. The lowest BCUT2D eigenvalue weighted by Gasteiger charge is -2.20. The summed E-state index contributed by atoms with van der Waals surface area (Å²) in [6.45, 7) is 2.29. The second-order valence-corrected chi connectivity index (χ2v) is 7.49. The molecule has 0 aliphatic carbocycles. The molecule has 0 fully saturated rings. The summed E-state index contributed by atoms with van der Waals surface area (Å²) in [5, 5.41) is 0.594. The summed E-state index contributed by atoms with van der Waals surface area (Å²) in [6, 6.07) is 14.9. The Kier molecular flexibility index (Phi) is 5.22. The molecule has 6 nitrogen and oxygen atoms in total. The maximum Gasteiger partial charge on any atom is 0.264 e. The number of para-hydroxylation sites is 1. The molecule has 0 N–H and O–H groups in total. The zero-order valence-electron chi connectivity index (χ0n) is 16.3. The Hall–Kier alpha value is -3.32. The standard InChI is InChI=1S/C22H20N2O4S/c1-14-9-10-17-19(12-14)29-22(23-17)24(13-15-6-5-11-28-15)21(25)16-7-4-8-18(26-2)20(16)27-3/h4-12H,13H2,1-3H3. The highest BCUT2D eigenvalue weighted by Crippen LogP contribution is 2.35. The van der Waals surface area contributed by atoms with Gasteiger partial charge >= 0.3 is 0 Å². The molecule has 4 rings (SSSR count). The fourth-order valence-electron chi connectivity index (χ4n) is 3.12. The van der Waals surface area contributed by atoms with Crippen molar-refractivity contribution in [2.24, 2.45) is 0 Å². The van der Waals surface area contributed by atoms with Crippen LogP contribution in [0.3, 0.4) is 0 Å². The highest BCUT2D eigenvalue weighted by Gasteiger charge is 2.26. The molecule has 0 aliphatic heterocycles. The molecule has 0 aliphatic rings. The van der Waals surface area contributed by atoms with Gasteiger partial charge < -0.3 is 13.9 Å². The number of hydrogen-bond donors (Lipinski definition) is 0. The van der Waals surface area contributed by atoms with Gasteiger partial charge in [0.15, 0.2) is 16.6 Å². The predicted molar refractivity (Wildman–Crippen MR) is 113 cm³/mol. The number of benzene rings is 2. The Morgan fingerprint density at radius 3 is 2.72 bits per heavy atom. The molecular formula is C22H20N2O4S. The summed E-state index contributed by atoms with van der Waals surface area (Å²) < 4.78 is 17.3. The second kappa shape index (κ2) is 7.97. The molecule has 7 heteroatoms. The van der Waals surface area contributed by atoms with Gasteiger partial charge in [-0.1, -0.05) is 23.5 Å². The number of furan rings is 1. The van der Waals surface area contributed by atoms with Crippen LogP contribution in [0.15, 0.2) is 59.2 Å². The van der Waals surface area contributed by atoms with Gasteiger partial charge in [-0.3, -0.25) is 9.69 Å². The number of fused-ring (bicyclic) bond motifs is 1. The van der Waals surface area contributed by atoms with Crippen molar-refractivity contribution in [1.29, 1.82) is 0 Å². The minimum atomic E-state index is -0.243. The molecule has 148 valence electrons. The van der Waals surface area contributed by atoms with E-state index in [-0.39, 0.29) is 12.5 Å². The Bertz CT molecular complexity index is 1150. The van der Waals surface area contributed by atoms with E-state index in [2.05, 4.69) is 11.1 Å². The third kappa shape index (κ3) is 3.69. The largest absolute Gasteiger partial charge is 0.493 e. The molecule has 0 saturated carbocycles. The zero-order valence-corrected chi connectivity index (χ0v) is 17.2. The second-order valence-electron chi connectivity index (χ2n) is 6.48. The van der Waals surface area contributed by atoms with Crippen molar-refractivity contribution in [3.05, 3.63) is 71.7 Å². The third-order valence-corrected chi connectivity index (χ3v) is 5.58. The highest BCUT2D eigenvalue weighted by atomic mass is 32.1. The summed E-state index contributed by atoms with van der Waals surface area (Å²) in [5.41, 5.74) is 2.39. The number of ether oxygens (including phenoxy) is 2. The fourth-order valence-corrected chi connectivity index (χ4v) is 4.18. The summed E-state index contributed by atoms with van der Waals surface area (Å²) in [4.78, 5) is 19.9. The zero-order chi connectivity index (χ0) is 20.4. The van der Waals surface area contributed by atoms with Crippen molar-refractivity contribution in [2.75, 3.05) is 19.1 Å². The van der Waals surface area contributed by atoms with E-state index < -0.39 is 0 Å². The monoisotopic (exact) mass is 408 g/mol. The minimum absolute atomic E-state index is 0.243. The molecule has 0 saturated heterocycles. The molecular weight excluding hydrogens is 388 g/mol. The van der Waals surface area contributed by atoms with Gasteiger partial charge in [-0.2, -0.15) is 0 Å². The number of methoxy groups -OCH3 is 2. The number of rotatable bonds is 6. The Morgan fingerprint density at radius 1 is 1.14 bits per heavy atom. The Labute approximate surface area is 172 Å². The number of aryl methyl sites for hydroxylation is 1. The first-order valence-electron chi connectivity index (χ1n) is 9.03. The maximum atomic E-state index is 13.6. The fraction of sp³-hybridized carbons (Fsp3) is 0.182. The van der Waals surface area contributed by atoms with E-state index in [1.807, 2.05) is 25.1 Å². The van der Waals surface area contributed by atoms with E-state index in [9.17, 15) is 4.79 Å². The number of anilines is 1. The van der Waals surface area contributed by atoms with Crippen LogP contribution in [-0.2, 0) is 6.54 Å². The molecule has 2 aromatic carbocycles. The van der Waals surface area contributed by atoms with Crippen molar-refractivity contribution in [2.45, 2.75) is 13.5 Å². The number of nitrogens with zero attached hydrogens (tertiary/aromatic N) is 2. The smallest absolute Gasteiger partial charge is 0.264 e. The molecule has 0 spiro atoms. The molecule has 2 heterocycles. The van der Waals surface area contributed by atoms with Crippen LogP contribution in [0.5, 0.6) is 11.5 Å². The van der Waals surface area contributed by atoms with Crippen molar-refractivity contribution < 1.29 is 18.7 Å². The third-order valence-electron chi connectivity index (χ3n) is 4.54. The van der Waals surface area contributed by atoms with Crippen LogP contribution in [0.1, 0.15) is 21.7 Å². The van der Waals surface area contributed by atoms with Gasteiger partial charge in [0, 0.05) is 0 Å². The van der Waals surface area contributed by atoms with Crippen molar-refractivity contribution in [3.63, 3.8) is 0 Å². The minimum Gasteiger partial charge on any atom is -0.493 e. The van der Waals surface area contributed by atoms with Gasteiger partial charge in [-0.15, -0.1) is 0 Å². The van der Waals surface area contributed by atoms with E-state index in [0.29, 0.717) is 28.0 Å². The summed E-state index contributed by atoms with van der Waals surface area (Å²) in [7, 11) is 3.06. The van der Waals surface area contributed by atoms with Crippen LogP contribution in [0.25, 0.3) is 10.2 Å². The maximum absolute atomic E-state index is 13.6. The van der Waals surface area contributed by atoms with Crippen molar-refractivity contribution in [1.82, 2.24) is 4.98 Å². The number of hydrogen-bond acceptors (Lipinski definition) is 6. The first kappa shape index (κ1) is 19.0. The number of thiazole rings is 1. The van der Waals surface area contributed by atoms with E-state index in [4.69, 9.17) is 13.9 Å². The van der Waals surface area contributed by atoms with Gasteiger partial charge in [-0.25, -0.2) is 4.98 Å². The summed E-state index contributed by atoms with van der Waals surface area (Å²) in [5.74, 6) is 1.31. The number of aromatic nitrogens is 1. The Balaban J connectivity index is 1.81. The number of carbonyl (C=O) groups excluding carboxylic acids is 1. The topological polar surface area (TPSA) is 64.8 Å². The van der Waals surface area contributed by atoms with Gasteiger partial charge in [0.1, 0.15) is 5.76 Å². The lowest BCUT2D eigenvalue weighted by Crippen LogP contribution is -2.30. The highest BCUT2D eigenvalue weighted by molar-refractivity contribution is 7.22. The van der Waals surface area contributed by atoms with Crippen LogP contribution < -0.4 is 14.4 Å². The summed E-state index contributed by atoms with van der Waals surface area (Å²) >= 11 is 1.47. The van der Waals surface area contributed by atoms with Crippen LogP contribution in [0.2, 0.25) is 0 Å². The van der Waals surface area contributed by atoms with Gasteiger partial charge in [0.2, 0.25) is 0 Å². The van der Waals surface area contributed by atoms with Crippen LogP contribution in [0, 0.1) is 6.92 Å². The Morgan fingerprint density at radius 2 is 2.00 bits per heavy atom. The van der Waals surface area contributed by atoms with Crippen molar-refractivity contribution >= 4 is 32.6 Å². The van der Waals surface area contributed by atoms with Gasteiger partial charge in [0.25, 0.3) is 5.91 Å². The number of amides is 1. The first-order valence-corrected chi connectivity index (χ1v) is 9.85. The molecule has 0 unspecified atom stereocenters. The van der Waals surface area contributed by atoms with E-state index in [0.717, 1.165) is 15.8 Å². The average Bonchev–Trinajstić information content (AvgIpc) is 3.39. The quantitative estimate of drug-likeness (QED) is 0.446. The molecule has 0 bridgehead atoms. The normalized spacial score (nSPS) is 10.9. The lowest BCUT2D eigenvalue weighted by atomic mass is 10.1. The predicted octanol–water partition coefficient (Wildman–Crippen LogP) is 5.06. The average molecular weight is 408 g/mol. The molecule has 2 aromatic heterocycles. The molecule has 0 radical (unpaired) electrons. The molecule has 4 aromatic rings. The molecule has 29 heavy (non-hydrogen) atoms. The lowest BCUT2D eigenvalue weighted by molar-refractivity contribution is 0.0979. The van der Waals surface area contributed by atoms with E-state index >= 15 is 0 Å². The SMILES string of the molecule is COc1cccc(C(=O)N(Cc2ccco2)c2nc3ccc(C)cc3s2)c1OC. The van der Waals surface area contributed by atoms with E-state index in [1.165, 1.54) is 18.4 Å². The van der Waals surface area contributed by atoms with Crippen LogP contribution in [-0.4, -0.2) is 25.1 Å². The van der Waals surface area contributed by atoms with Crippen LogP contribution >= 0.6 is 11.3 Å². The van der Waals surface area contributed by atoms with Crippen molar-refractivity contribution in [3.8, 4) is 11.5 Å². The van der Waals surface area contributed by atoms with Crippen LogP contribution in [0.4, 0.5) is 5.13 Å². The molecule has 0 atom stereocenters. The molecule has 1 amide bonds. The number of carbonyl (C=O) groups is 1. The van der Waals surface area contributed by atoms with Gasteiger partial charge in [-0.05, 0) is 48.9 Å². The van der Waals surface area contributed by atoms with Gasteiger partial charge in [0.05, 0.1) is 42.8 Å².